The Hall–Kier alpha value is -3.15. The number of carbonyl (C=O) groups is 1. The number of carbonyl (C=O) groups excluding carboxylic acids is 1. The summed E-state index contributed by atoms with van der Waals surface area (Å²) in [6.07, 6.45) is 3.33. The molecule has 27 heavy (non-hydrogen) atoms. The van der Waals surface area contributed by atoms with E-state index in [4.69, 9.17) is 4.74 Å². The van der Waals surface area contributed by atoms with Gasteiger partial charge < -0.3 is 9.64 Å². The highest BCUT2D eigenvalue weighted by atomic mass is 19.1. The van der Waals surface area contributed by atoms with E-state index in [2.05, 4.69) is 5.10 Å². The number of benzene rings is 2. The number of para-hydroxylation sites is 1. The topological polar surface area (TPSA) is 47.4 Å². The number of hydrogen-bond acceptors (Lipinski definition) is 3. The van der Waals surface area contributed by atoms with Crippen LogP contribution in [0.25, 0.3) is 5.69 Å². The number of aromatic nitrogens is 2. The van der Waals surface area contributed by atoms with Gasteiger partial charge in [-0.25, -0.2) is 9.07 Å². The zero-order chi connectivity index (χ0) is 18.8. The SMILES string of the molecule is CCCOc1cn(-c2ccc(F)cc2)nc1C(=O)N1CCc2ccccc21. The Morgan fingerprint density at radius 1 is 1.19 bits per heavy atom. The van der Waals surface area contributed by atoms with Gasteiger partial charge in [0.15, 0.2) is 11.4 Å². The zero-order valence-corrected chi connectivity index (χ0v) is 15.1. The largest absolute Gasteiger partial charge is 0.489 e. The number of nitrogens with zero attached hydrogens (tertiary/aromatic N) is 3. The van der Waals surface area contributed by atoms with Gasteiger partial charge in [-0.05, 0) is 48.7 Å². The van der Waals surface area contributed by atoms with Crippen molar-refractivity contribution in [3.05, 3.63) is 71.8 Å². The summed E-state index contributed by atoms with van der Waals surface area (Å²) in [6, 6.07) is 13.8. The molecule has 1 aliphatic rings. The van der Waals surface area contributed by atoms with Crippen LogP contribution in [0.4, 0.5) is 10.1 Å². The molecule has 1 aromatic heterocycles. The minimum atomic E-state index is -0.321. The van der Waals surface area contributed by atoms with Crippen molar-refractivity contribution in [2.24, 2.45) is 0 Å². The van der Waals surface area contributed by atoms with Gasteiger partial charge >= 0.3 is 0 Å². The Bertz CT molecular complexity index is 966. The Morgan fingerprint density at radius 3 is 2.74 bits per heavy atom. The molecule has 0 N–H and O–H groups in total. The lowest BCUT2D eigenvalue weighted by Crippen LogP contribution is -2.29. The summed E-state index contributed by atoms with van der Waals surface area (Å²) in [5, 5.41) is 4.46. The lowest BCUT2D eigenvalue weighted by atomic mass is 10.2. The van der Waals surface area contributed by atoms with Gasteiger partial charge in [0.1, 0.15) is 5.82 Å². The van der Waals surface area contributed by atoms with Gasteiger partial charge in [0.2, 0.25) is 0 Å². The predicted octanol–water partition coefficient (Wildman–Crippen LogP) is 4.00. The maximum Gasteiger partial charge on any atom is 0.282 e. The second kappa shape index (κ2) is 7.23. The number of rotatable bonds is 5. The van der Waals surface area contributed by atoms with Crippen LogP contribution in [0.5, 0.6) is 5.75 Å². The molecule has 0 radical (unpaired) electrons. The van der Waals surface area contributed by atoms with Crippen molar-refractivity contribution in [1.82, 2.24) is 9.78 Å². The fourth-order valence-electron chi connectivity index (χ4n) is 3.23. The van der Waals surface area contributed by atoms with Crippen LogP contribution in [0.1, 0.15) is 29.4 Å². The van der Waals surface area contributed by atoms with E-state index in [0.29, 0.717) is 24.6 Å². The van der Waals surface area contributed by atoms with Crippen LogP contribution in [-0.2, 0) is 6.42 Å². The Kier molecular flexibility index (Phi) is 4.62. The minimum Gasteiger partial charge on any atom is -0.489 e. The van der Waals surface area contributed by atoms with Crippen LogP contribution in [0.2, 0.25) is 0 Å². The van der Waals surface area contributed by atoms with E-state index in [9.17, 15) is 9.18 Å². The van der Waals surface area contributed by atoms with Gasteiger partial charge in [-0.2, -0.15) is 5.10 Å². The monoisotopic (exact) mass is 365 g/mol. The van der Waals surface area contributed by atoms with Gasteiger partial charge in [0.25, 0.3) is 5.91 Å². The quantitative estimate of drug-likeness (QED) is 0.687. The molecule has 138 valence electrons. The second-order valence-electron chi connectivity index (χ2n) is 6.45. The first-order valence-electron chi connectivity index (χ1n) is 9.05. The van der Waals surface area contributed by atoms with Crippen LogP contribution < -0.4 is 9.64 Å². The van der Waals surface area contributed by atoms with Crippen LogP contribution in [-0.4, -0.2) is 28.8 Å². The summed E-state index contributed by atoms with van der Waals surface area (Å²) in [7, 11) is 0. The predicted molar refractivity (Wildman–Crippen MR) is 101 cm³/mol. The molecule has 0 bridgehead atoms. The fraction of sp³-hybridized carbons (Fsp3) is 0.238. The lowest BCUT2D eigenvalue weighted by molar-refractivity contribution is 0.0980. The minimum absolute atomic E-state index is 0.188. The fourth-order valence-corrected chi connectivity index (χ4v) is 3.23. The van der Waals surface area contributed by atoms with Gasteiger partial charge in [-0.1, -0.05) is 25.1 Å². The molecule has 1 aliphatic heterocycles. The van der Waals surface area contributed by atoms with E-state index in [1.54, 1.807) is 27.9 Å². The number of fused-ring (bicyclic) bond motifs is 1. The van der Waals surface area contributed by atoms with Crippen molar-refractivity contribution in [2.45, 2.75) is 19.8 Å². The van der Waals surface area contributed by atoms with Crippen LogP contribution in [0.3, 0.4) is 0 Å². The normalized spacial score (nSPS) is 12.9. The Balaban J connectivity index is 1.70. The summed E-state index contributed by atoms with van der Waals surface area (Å²) in [5.74, 6) is -0.0687. The molecule has 0 fully saturated rings. The van der Waals surface area contributed by atoms with E-state index in [0.717, 1.165) is 24.1 Å². The molecule has 0 spiro atoms. The summed E-state index contributed by atoms with van der Waals surface area (Å²) in [6.45, 7) is 3.11. The molecule has 0 atom stereocenters. The standard InChI is InChI=1S/C21H20FN3O2/c1-2-13-27-19-14-25(17-9-7-16(22)8-10-17)23-20(19)21(26)24-12-11-15-5-3-4-6-18(15)24/h3-10,14H,2,11-13H2,1H3. The number of anilines is 1. The van der Waals surface area contributed by atoms with E-state index < -0.39 is 0 Å². The number of hydrogen-bond donors (Lipinski definition) is 0. The molecule has 0 saturated carbocycles. The molecule has 5 nitrogen and oxygen atoms in total. The third-order valence-corrected chi connectivity index (χ3v) is 4.57. The van der Waals surface area contributed by atoms with Crippen molar-refractivity contribution >= 4 is 11.6 Å². The maximum absolute atomic E-state index is 13.2. The summed E-state index contributed by atoms with van der Waals surface area (Å²) >= 11 is 0. The van der Waals surface area contributed by atoms with Gasteiger partial charge in [-0.15, -0.1) is 0 Å². The molecule has 0 saturated heterocycles. The highest BCUT2D eigenvalue weighted by Crippen LogP contribution is 2.31. The summed E-state index contributed by atoms with van der Waals surface area (Å²) in [4.78, 5) is 14.9. The third-order valence-electron chi connectivity index (χ3n) is 4.57. The molecule has 2 heterocycles. The van der Waals surface area contributed by atoms with E-state index >= 15 is 0 Å². The van der Waals surface area contributed by atoms with Crippen molar-refractivity contribution in [1.29, 1.82) is 0 Å². The zero-order valence-electron chi connectivity index (χ0n) is 15.1. The molecule has 2 aromatic carbocycles. The highest BCUT2D eigenvalue weighted by Gasteiger charge is 2.29. The Labute approximate surface area is 157 Å². The smallest absolute Gasteiger partial charge is 0.282 e. The Morgan fingerprint density at radius 2 is 1.96 bits per heavy atom. The first-order chi connectivity index (χ1) is 13.2. The van der Waals surface area contributed by atoms with Gasteiger partial charge in [0.05, 0.1) is 18.5 Å². The third kappa shape index (κ3) is 3.30. The van der Waals surface area contributed by atoms with Crippen molar-refractivity contribution in [3.63, 3.8) is 0 Å². The van der Waals surface area contributed by atoms with E-state index in [1.807, 2.05) is 31.2 Å². The average Bonchev–Trinajstić information content (AvgIpc) is 3.31. The van der Waals surface area contributed by atoms with Crippen LogP contribution in [0.15, 0.2) is 54.7 Å². The summed E-state index contributed by atoms with van der Waals surface area (Å²) < 4.78 is 20.5. The average molecular weight is 365 g/mol. The lowest BCUT2D eigenvalue weighted by Gasteiger charge is -2.16. The summed E-state index contributed by atoms with van der Waals surface area (Å²) in [5.41, 5.74) is 3.00. The van der Waals surface area contributed by atoms with E-state index in [-0.39, 0.29) is 17.4 Å². The number of amides is 1. The van der Waals surface area contributed by atoms with Crippen molar-refractivity contribution < 1.29 is 13.9 Å². The first kappa shape index (κ1) is 17.3. The molecule has 6 heteroatoms. The first-order valence-corrected chi connectivity index (χ1v) is 9.05. The molecule has 1 amide bonds. The molecular formula is C21H20FN3O2. The van der Waals surface area contributed by atoms with Crippen LogP contribution >= 0.6 is 0 Å². The second-order valence-corrected chi connectivity index (χ2v) is 6.45. The highest BCUT2D eigenvalue weighted by molar-refractivity contribution is 6.07. The van der Waals surface area contributed by atoms with Crippen LogP contribution in [0, 0.1) is 5.82 Å². The van der Waals surface area contributed by atoms with Crippen molar-refractivity contribution in [3.8, 4) is 11.4 Å². The molecule has 4 rings (SSSR count). The molecule has 0 aliphatic carbocycles. The molecular weight excluding hydrogens is 345 g/mol. The number of halogens is 1. The maximum atomic E-state index is 13.2. The van der Waals surface area contributed by atoms with E-state index in [1.165, 1.54) is 12.1 Å². The molecule has 0 unspecified atom stereocenters. The van der Waals surface area contributed by atoms with Gasteiger partial charge in [-0.3, -0.25) is 4.79 Å². The van der Waals surface area contributed by atoms with Crippen molar-refractivity contribution in [2.75, 3.05) is 18.1 Å². The number of ether oxygens (including phenoxy) is 1. The molecule has 3 aromatic rings. The van der Waals surface area contributed by atoms with Gasteiger partial charge in [0, 0.05) is 12.2 Å².